The van der Waals surface area contributed by atoms with Crippen molar-refractivity contribution in [2.24, 2.45) is 0 Å². The van der Waals surface area contributed by atoms with Crippen molar-refractivity contribution in [3.8, 4) is 17.0 Å². The maximum Gasteiger partial charge on any atom is 0.269 e. The van der Waals surface area contributed by atoms with E-state index in [1.54, 1.807) is 6.07 Å². The number of nitro benzene ring substituents is 1. The first kappa shape index (κ1) is 38.1. The van der Waals surface area contributed by atoms with E-state index in [4.69, 9.17) is 4.74 Å². The lowest BCUT2D eigenvalue weighted by atomic mass is 9.81. The van der Waals surface area contributed by atoms with Gasteiger partial charge in [-0.3, -0.25) is 19.7 Å². The Morgan fingerprint density at radius 3 is 2.24 bits per heavy atom. The Kier molecular flexibility index (Phi) is 11.5. The average Bonchev–Trinajstić information content (AvgIpc) is 3.50. The highest BCUT2D eigenvalue weighted by Gasteiger charge is 2.29. The van der Waals surface area contributed by atoms with Gasteiger partial charge in [-0.1, -0.05) is 37.5 Å². The number of carbonyl (C=O) groups excluding carboxylic acids is 2. The highest BCUT2D eigenvalue weighted by Crippen LogP contribution is 2.44. The molecule has 1 aliphatic carbocycles. The summed E-state index contributed by atoms with van der Waals surface area (Å²) in [6, 6.07) is 18.3. The number of aromatic nitrogens is 1. The number of nitro groups is 1. The van der Waals surface area contributed by atoms with Gasteiger partial charge in [-0.15, -0.1) is 0 Å². The third-order valence-corrected chi connectivity index (χ3v) is 12.2. The van der Waals surface area contributed by atoms with Gasteiger partial charge >= 0.3 is 0 Å². The standard InChI is InChI=1S/C41H48N6O7S/c1-55(52,53)45-23-21-44(22-24-45)36-18-14-33(47(50)51)25-32(36)28-54-34-15-11-30(12-16-34)40-39(29-9-5-4-6-10-29)35-17-13-31-26-37(35)46(40)27-38(48)42-19-7-2-3-8-20-43-41(31)49/h2-3,11-18,25-26,29H,4-10,19-24,27-28H2,1H3,(H,42,48)(H,43,49)/b3-2-. The fourth-order valence-electron chi connectivity index (χ4n) is 8.14. The summed E-state index contributed by atoms with van der Waals surface area (Å²) in [5.41, 5.74) is 5.82. The van der Waals surface area contributed by atoms with Crippen molar-refractivity contribution in [1.82, 2.24) is 19.5 Å². The molecule has 55 heavy (non-hydrogen) atoms. The van der Waals surface area contributed by atoms with Crippen LogP contribution in [-0.2, 0) is 28.0 Å². The molecule has 1 saturated heterocycles. The van der Waals surface area contributed by atoms with Gasteiger partial charge in [0, 0.05) is 73.6 Å². The first-order valence-electron chi connectivity index (χ1n) is 19.1. The minimum atomic E-state index is -3.31. The van der Waals surface area contributed by atoms with Crippen molar-refractivity contribution in [1.29, 1.82) is 0 Å². The number of nitrogens with one attached hydrogen (secondary N) is 2. The molecule has 290 valence electrons. The van der Waals surface area contributed by atoms with E-state index in [0.717, 1.165) is 53.5 Å². The highest BCUT2D eigenvalue weighted by molar-refractivity contribution is 7.88. The van der Waals surface area contributed by atoms with E-state index in [-0.39, 0.29) is 30.7 Å². The zero-order valence-corrected chi connectivity index (χ0v) is 32.0. The number of amides is 2. The molecule has 13 nitrogen and oxygen atoms in total. The van der Waals surface area contributed by atoms with E-state index in [1.807, 2.05) is 59.5 Å². The lowest BCUT2D eigenvalue weighted by Gasteiger charge is -2.35. The third-order valence-electron chi connectivity index (χ3n) is 10.9. The van der Waals surface area contributed by atoms with Gasteiger partial charge in [-0.2, -0.15) is 4.31 Å². The zero-order valence-electron chi connectivity index (χ0n) is 31.2. The number of non-ortho nitro benzene ring substituents is 1. The number of hydrogen-bond acceptors (Lipinski definition) is 8. The van der Waals surface area contributed by atoms with Crippen LogP contribution in [-0.4, -0.2) is 79.6 Å². The van der Waals surface area contributed by atoms with E-state index in [9.17, 15) is 28.1 Å². The summed E-state index contributed by atoms with van der Waals surface area (Å²) >= 11 is 0. The number of fused-ring (bicyclic) bond motifs is 1. The molecule has 3 aliphatic rings. The Morgan fingerprint density at radius 2 is 1.55 bits per heavy atom. The van der Waals surface area contributed by atoms with Gasteiger partial charge in [0.2, 0.25) is 15.9 Å². The van der Waals surface area contributed by atoms with Crippen molar-refractivity contribution in [2.45, 2.75) is 64.0 Å². The SMILES string of the molecule is CS(=O)(=O)N1CCN(c2ccc([N+](=O)[O-])cc2COc2ccc(-c3c(C4CCCCC4)c4ccc5cc4n3CC(=O)NCC/C=C\CCNC5=O)cc2)CC1. The molecule has 2 aliphatic heterocycles. The molecule has 1 saturated carbocycles. The van der Waals surface area contributed by atoms with Crippen LogP contribution in [0.3, 0.4) is 0 Å². The predicted molar refractivity (Wildman–Crippen MR) is 213 cm³/mol. The van der Waals surface area contributed by atoms with Gasteiger partial charge in [0.25, 0.3) is 11.6 Å². The van der Waals surface area contributed by atoms with Gasteiger partial charge in [-0.25, -0.2) is 8.42 Å². The van der Waals surface area contributed by atoms with Crippen LogP contribution in [0.25, 0.3) is 22.2 Å². The van der Waals surface area contributed by atoms with Gasteiger partial charge in [-0.05, 0) is 85.2 Å². The monoisotopic (exact) mass is 768 g/mol. The molecule has 2 amide bonds. The number of piperazine rings is 1. The van der Waals surface area contributed by atoms with Crippen molar-refractivity contribution in [3.05, 3.63) is 99.6 Å². The minimum absolute atomic E-state index is 0.0515. The number of hydrogen-bond donors (Lipinski definition) is 2. The normalized spacial score (nSPS) is 18.7. The Labute approximate surface area is 321 Å². The molecule has 2 N–H and O–H groups in total. The fourth-order valence-corrected chi connectivity index (χ4v) is 8.97. The van der Waals surface area contributed by atoms with Crippen LogP contribution in [0.2, 0.25) is 0 Å². The molecular formula is C41H48N6O7S. The number of nitrogens with zero attached hydrogens (tertiary/aromatic N) is 4. The van der Waals surface area contributed by atoms with E-state index < -0.39 is 14.9 Å². The van der Waals surface area contributed by atoms with Crippen LogP contribution in [0.15, 0.2) is 72.8 Å². The van der Waals surface area contributed by atoms with Crippen molar-refractivity contribution in [2.75, 3.05) is 50.4 Å². The van der Waals surface area contributed by atoms with E-state index in [0.29, 0.717) is 74.9 Å². The number of anilines is 1. The number of benzene rings is 3. The molecule has 7 rings (SSSR count). The smallest absolute Gasteiger partial charge is 0.269 e. The summed E-state index contributed by atoms with van der Waals surface area (Å²) in [7, 11) is -3.31. The van der Waals surface area contributed by atoms with Gasteiger partial charge < -0.3 is 24.8 Å². The van der Waals surface area contributed by atoms with Gasteiger partial charge in [0.15, 0.2) is 0 Å². The van der Waals surface area contributed by atoms with Crippen LogP contribution in [0.5, 0.6) is 5.75 Å². The summed E-state index contributed by atoms with van der Waals surface area (Å²) in [6.07, 6.45) is 12.2. The van der Waals surface area contributed by atoms with Crippen LogP contribution in [0.1, 0.15) is 72.3 Å². The average molecular weight is 769 g/mol. The van der Waals surface area contributed by atoms with Crippen LogP contribution < -0.4 is 20.3 Å². The Balaban J connectivity index is 1.22. The first-order chi connectivity index (χ1) is 26.6. The summed E-state index contributed by atoms with van der Waals surface area (Å²) in [6.45, 7) is 2.76. The summed E-state index contributed by atoms with van der Waals surface area (Å²) in [5.74, 6) is 0.623. The fraction of sp³-hybridized carbons (Fsp3) is 0.415. The Bertz CT molecular complexity index is 2200. The second-order valence-corrected chi connectivity index (χ2v) is 16.6. The number of ether oxygens (including phenoxy) is 1. The molecule has 0 atom stereocenters. The van der Waals surface area contributed by atoms with Crippen molar-refractivity contribution < 1.29 is 27.7 Å². The second kappa shape index (κ2) is 16.7. The Morgan fingerprint density at radius 1 is 0.855 bits per heavy atom. The lowest BCUT2D eigenvalue weighted by Crippen LogP contribution is -2.48. The van der Waals surface area contributed by atoms with Gasteiger partial charge in [0.1, 0.15) is 18.9 Å². The first-order valence-corrected chi connectivity index (χ1v) is 21.0. The molecule has 3 aromatic carbocycles. The molecule has 2 fully saturated rings. The summed E-state index contributed by atoms with van der Waals surface area (Å²) in [5, 5.41) is 18.9. The van der Waals surface area contributed by atoms with E-state index >= 15 is 0 Å². The number of rotatable bonds is 8. The highest BCUT2D eigenvalue weighted by atomic mass is 32.2. The molecular weight excluding hydrogens is 721 g/mol. The number of carbonyl (C=O) groups is 2. The van der Waals surface area contributed by atoms with E-state index in [2.05, 4.69) is 15.2 Å². The molecule has 0 spiro atoms. The molecule has 3 heterocycles. The predicted octanol–water partition coefficient (Wildman–Crippen LogP) is 6.12. The molecule has 4 aromatic rings. The summed E-state index contributed by atoms with van der Waals surface area (Å²) < 4.78 is 33.9. The molecule has 0 unspecified atom stereocenters. The largest absolute Gasteiger partial charge is 0.489 e. The van der Waals surface area contributed by atoms with E-state index in [1.165, 1.54) is 34.7 Å². The molecule has 0 radical (unpaired) electrons. The van der Waals surface area contributed by atoms with Crippen LogP contribution in [0, 0.1) is 10.1 Å². The molecule has 1 aromatic heterocycles. The van der Waals surface area contributed by atoms with Crippen LogP contribution >= 0.6 is 0 Å². The number of sulfonamides is 1. The quantitative estimate of drug-likeness (QED) is 0.123. The van der Waals surface area contributed by atoms with Crippen molar-refractivity contribution >= 4 is 44.1 Å². The summed E-state index contributed by atoms with van der Waals surface area (Å²) in [4.78, 5) is 40.1. The third kappa shape index (κ3) is 8.70. The topological polar surface area (TPSA) is 156 Å². The van der Waals surface area contributed by atoms with Crippen molar-refractivity contribution in [3.63, 3.8) is 0 Å². The van der Waals surface area contributed by atoms with Crippen LogP contribution in [0.4, 0.5) is 11.4 Å². The molecule has 2 bridgehead atoms. The maximum atomic E-state index is 13.5. The minimum Gasteiger partial charge on any atom is -0.489 e. The Hall–Kier alpha value is -5.21. The van der Waals surface area contributed by atoms with Gasteiger partial charge in [0.05, 0.1) is 22.4 Å². The molecule has 14 heteroatoms. The zero-order chi connectivity index (χ0) is 38.5. The lowest BCUT2D eigenvalue weighted by molar-refractivity contribution is -0.384. The second-order valence-electron chi connectivity index (χ2n) is 14.6. The maximum absolute atomic E-state index is 13.5.